The highest BCUT2D eigenvalue weighted by molar-refractivity contribution is 4.78. The van der Waals surface area contributed by atoms with E-state index in [4.69, 9.17) is 5.73 Å². The highest BCUT2D eigenvalue weighted by Gasteiger charge is 1.83. The van der Waals surface area contributed by atoms with Crippen molar-refractivity contribution in [2.45, 2.75) is 19.4 Å². The summed E-state index contributed by atoms with van der Waals surface area (Å²) >= 11 is 0. The van der Waals surface area contributed by atoms with Crippen molar-refractivity contribution in [1.82, 2.24) is 0 Å². The predicted octanol–water partition coefficient (Wildman–Crippen LogP) is 1.06. The number of hydrogen-bond donors (Lipinski definition) is 1. The zero-order valence-corrected chi connectivity index (χ0v) is 4.65. The van der Waals surface area contributed by atoms with Crippen molar-refractivity contribution >= 4 is 0 Å². The first-order chi connectivity index (χ1) is 3.27. The molecule has 40 valence electrons. The summed E-state index contributed by atoms with van der Waals surface area (Å²) < 4.78 is 0. The Morgan fingerprint density at radius 1 is 2.00 bits per heavy atom. The molecule has 0 aromatic heterocycles. The molecule has 0 aliphatic rings. The first kappa shape index (κ1) is 6.48. The van der Waals surface area contributed by atoms with E-state index in [0.29, 0.717) is 0 Å². The zero-order valence-electron chi connectivity index (χ0n) is 4.65. The summed E-state index contributed by atoms with van der Waals surface area (Å²) in [6, 6.07) is 0.245. The fraction of sp³-hybridized carbons (Fsp3) is 0.500. The van der Waals surface area contributed by atoms with Crippen molar-refractivity contribution in [3.8, 4) is 0 Å². The Bertz CT molecular complexity index is 78.2. The molecule has 0 aliphatic carbocycles. The van der Waals surface area contributed by atoms with E-state index in [1.807, 2.05) is 13.0 Å². The second kappa shape index (κ2) is 3.66. The van der Waals surface area contributed by atoms with Crippen LogP contribution < -0.4 is 5.73 Å². The van der Waals surface area contributed by atoms with Gasteiger partial charge in [0.1, 0.15) is 0 Å². The van der Waals surface area contributed by atoms with Gasteiger partial charge in [0.05, 0.1) is 0 Å². The lowest BCUT2D eigenvalue weighted by Gasteiger charge is -1.93. The molecule has 0 rings (SSSR count). The second-order valence-corrected chi connectivity index (χ2v) is 1.62. The number of rotatable bonds is 2. The normalized spacial score (nSPS) is 12.3. The summed E-state index contributed by atoms with van der Waals surface area (Å²) in [7, 11) is 0. The average molecular weight is 97.2 g/mol. The Kier molecular flexibility index (Phi) is 3.39. The largest absolute Gasteiger partial charge is 0.328 e. The Morgan fingerprint density at radius 3 is 2.71 bits per heavy atom. The van der Waals surface area contributed by atoms with Crippen LogP contribution in [0.2, 0.25) is 0 Å². The lowest BCUT2D eigenvalue weighted by molar-refractivity contribution is 0.758. The lowest BCUT2D eigenvalue weighted by atomic mass is 10.2. The summed E-state index contributed by atoms with van der Waals surface area (Å²) in [5.41, 5.74) is 8.02. The standard InChI is InChI=1S/C6H11N/c1-3-4-5-6(2)7/h4,6H,1,5,7H2,2H3. The third-order valence-corrected chi connectivity index (χ3v) is 0.634. The van der Waals surface area contributed by atoms with Crippen LogP contribution in [-0.4, -0.2) is 6.04 Å². The molecular formula is C6H11N. The van der Waals surface area contributed by atoms with Crippen LogP contribution in [0.5, 0.6) is 0 Å². The van der Waals surface area contributed by atoms with Gasteiger partial charge >= 0.3 is 0 Å². The van der Waals surface area contributed by atoms with Gasteiger partial charge in [-0.1, -0.05) is 6.58 Å². The molecule has 1 nitrogen and oxygen atoms in total. The van der Waals surface area contributed by atoms with E-state index in [1.54, 1.807) is 0 Å². The van der Waals surface area contributed by atoms with E-state index >= 15 is 0 Å². The molecule has 1 atom stereocenters. The Morgan fingerprint density at radius 2 is 2.57 bits per heavy atom. The van der Waals surface area contributed by atoms with Crippen LogP contribution in [0, 0.1) is 0 Å². The topological polar surface area (TPSA) is 26.0 Å². The molecule has 0 bridgehead atoms. The van der Waals surface area contributed by atoms with Gasteiger partial charge in [0.15, 0.2) is 0 Å². The van der Waals surface area contributed by atoms with E-state index in [0.717, 1.165) is 6.42 Å². The Hall–Kier alpha value is -0.520. The molecule has 7 heavy (non-hydrogen) atoms. The van der Waals surface area contributed by atoms with E-state index in [2.05, 4.69) is 12.3 Å². The van der Waals surface area contributed by atoms with Crippen molar-refractivity contribution in [2.24, 2.45) is 5.73 Å². The van der Waals surface area contributed by atoms with Crippen molar-refractivity contribution in [2.75, 3.05) is 0 Å². The molecule has 0 saturated heterocycles. The van der Waals surface area contributed by atoms with Crippen LogP contribution >= 0.6 is 0 Å². The molecule has 0 radical (unpaired) electrons. The van der Waals surface area contributed by atoms with Gasteiger partial charge in [0.25, 0.3) is 0 Å². The maximum Gasteiger partial charge on any atom is 0.00510 e. The Labute approximate surface area is 44.5 Å². The van der Waals surface area contributed by atoms with Gasteiger partial charge in [-0.2, -0.15) is 0 Å². The van der Waals surface area contributed by atoms with Gasteiger partial charge < -0.3 is 5.73 Å². The minimum atomic E-state index is 0.245. The van der Waals surface area contributed by atoms with Crippen LogP contribution in [-0.2, 0) is 0 Å². The van der Waals surface area contributed by atoms with Crippen LogP contribution in [0.25, 0.3) is 0 Å². The molecule has 2 N–H and O–H groups in total. The van der Waals surface area contributed by atoms with Gasteiger partial charge in [-0.3, -0.25) is 0 Å². The van der Waals surface area contributed by atoms with E-state index < -0.39 is 0 Å². The van der Waals surface area contributed by atoms with Crippen LogP contribution in [0.1, 0.15) is 13.3 Å². The summed E-state index contributed by atoms with van der Waals surface area (Å²) in [4.78, 5) is 0. The van der Waals surface area contributed by atoms with E-state index in [-0.39, 0.29) is 6.04 Å². The lowest BCUT2D eigenvalue weighted by Crippen LogP contribution is -2.12. The smallest absolute Gasteiger partial charge is 0.00510 e. The highest BCUT2D eigenvalue weighted by Crippen LogP contribution is 1.83. The van der Waals surface area contributed by atoms with E-state index in [9.17, 15) is 0 Å². The summed E-state index contributed by atoms with van der Waals surface area (Å²) in [6.45, 7) is 5.35. The van der Waals surface area contributed by atoms with Crippen LogP contribution in [0.3, 0.4) is 0 Å². The first-order valence-corrected chi connectivity index (χ1v) is 2.37. The quantitative estimate of drug-likeness (QED) is 0.512. The number of nitrogens with two attached hydrogens (primary N) is 1. The molecule has 0 fully saturated rings. The maximum atomic E-state index is 5.38. The fourth-order valence-corrected chi connectivity index (χ4v) is 0.269. The highest BCUT2D eigenvalue weighted by atomic mass is 14.6. The van der Waals surface area contributed by atoms with Crippen molar-refractivity contribution in [3.05, 3.63) is 18.4 Å². The van der Waals surface area contributed by atoms with Gasteiger partial charge in [0, 0.05) is 6.04 Å². The molecule has 0 heterocycles. The minimum absolute atomic E-state index is 0.245. The Balaban J connectivity index is 3.13. The van der Waals surface area contributed by atoms with E-state index in [1.165, 1.54) is 0 Å². The van der Waals surface area contributed by atoms with Gasteiger partial charge in [0.2, 0.25) is 0 Å². The van der Waals surface area contributed by atoms with Gasteiger partial charge in [-0.25, -0.2) is 0 Å². The molecule has 0 saturated carbocycles. The molecule has 0 spiro atoms. The molecule has 0 aromatic rings. The second-order valence-electron chi connectivity index (χ2n) is 1.62. The third-order valence-electron chi connectivity index (χ3n) is 0.634. The van der Waals surface area contributed by atoms with Gasteiger partial charge in [-0.05, 0) is 19.4 Å². The van der Waals surface area contributed by atoms with Crippen LogP contribution in [0.15, 0.2) is 18.4 Å². The molecule has 1 unspecified atom stereocenters. The molecular weight excluding hydrogens is 86.1 g/mol. The van der Waals surface area contributed by atoms with Crippen molar-refractivity contribution in [3.63, 3.8) is 0 Å². The zero-order chi connectivity index (χ0) is 5.70. The number of hydrogen-bond acceptors (Lipinski definition) is 1. The fourth-order valence-electron chi connectivity index (χ4n) is 0.269. The molecule has 0 amide bonds. The molecule has 1 heteroatoms. The summed E-state index contributed by atoms with van der Waals surface area (Å²) in [5.74, 6) is 0. The average Bonchev–Trinajstić information content (AvgIpc) is 1.61. The first-order valence-electron chi connectivity index (χ1n) is 2.37. The summed E-state index contributed by atoms with van der Waals surface area (Å²) in [5, 5.41) is 0. The van der Waals surface area contributed by atoms with Crippen molar-refractivity contribution in [1.29, 1.82) is 0 Å². The van der Waals surface area contributed by atoms with Crippen molar-refractivity contribution < 1.29 is 0 Å². The van der Waals surface area contributed by atoms with Crippen LogP contribution in [0.4, 0.5) is 0 Å². The maximum absolute atomic E-state index is 5.38. The SMILES string of the molecule is C=C=CCC(C)N. The molecule has 0 aromatic carbocycles. The summed E-state index contributed by atoms with van der Waals surface area (Å²) in [6.07, 6.45) is 2.72. The third kappa shape index (κ3) is 5.48. The van der Waals surface area contributed by atoms with Gasteiger partial charge in [-0.15, -0.1) is 5.73 Å². The predicted molar refractivity (Wildman–Crippen MR) is 32.0 cm³/mol. The minimum Gasteiger partial charge on any atom is -0.328 e. The molecule has 0 aliphatic heterocycles. The monoisotopic (exact) mass is 97.1 g/mol.